The van der Waals surface area contributed by atoms with Crippen LogP contribution in [0.3, 0.4) is 0 Å². The molecule has 1 fully saturated rings. The molecular formula is C13H19N5O2. The lowest BCUT2D eigenvalue weighted by atomic mass is 10.2. The van der Waals surface area contributed by atoms with Gasteiger partial charge in [0.15, 0.2) is 0 Å². The van der Waals surface area contributed by atoms with E-state index in [4.69, 9.17) is 5.73 Å². The van der Waals surface area contributed by atoms with Crippen molar-refractivity contribution in [2.45, 2.75) is 0 Å². The van der Waals surface area contributed by atoms with Gasteiger partial charge in [-0.15, -0.1) is 0 Å². The van der Waals surface area contributed by atoms with Gasteiger partial charge in [0.1, 0.15) is 5.69 Å². The minimum atomic E-state index is -0.0930. The second-order valence-corrected chi connectivity index (χ2v) is 4.72. The Hall–Kier alpha value is -2.15. The van der Waals surface area contributed by atoms with Crippen molar-refractivity contribution < 1.29 is 9.59 Å². The first-order valence-electron chi connectivity index (χ1n) is 6.54. The van der Waals surface area contributed by atoms with Crippen molar-refractivity contribution in [2.75, 3.05) is 45.5 Å². The third-order valence-electron chi connectivity index (χ3n) is 3.31. The highest BCUT2D eigenvalue weighted by Gasteiger charge is 2.23. The first-order valence-corrected chi connectivity index (χ1v) is 6.54. The summed E-state index contributed by atoms with van der Waals surface area (Å²) >= 11 is 0. The number of likely N-dealkylation sites (N-methyl/N-ethyl adjacent to an activating group) is 1. The minimum absolute atomic E-state index is 0.00928. The summed E-state index contributed by atoms with van der Waals surface area (Å²) in [6.07, 6.45) is 1.48. The number of rotatable bonds is 3. The van der Waals surface area contributed by atoms with E-state index in [0.717, 1.165) is 0 Å². The van der Waals surface area contributed by atoms with Crippen LogP contribution in [0.1, 0.15) is 10.5 Å². The Bertz CT molecular complexity index is 480. The Labute approximate surface area is 117 Å². The van der Waals surface area contributed by atoms with E-state index in [0.29, 0.717) is 44.1 Å². The molecule has 0 aromatic carbocycles. The van der Waals surface area contributed by atoms with E-state index in [1.54, 1.807) is 24.1 Å². The largest absolute Gasteiger partial charge is 0.397 e. The van der Waals surface area contributed by atoms with Gasteiger partial charge >= 0.3 is 0 Å². The van der Waals surface area contributed by atoms with E-state index in [1.807, 2.05) is 4.90 Å². The Morgan fingerprint density at radius 2 is 2.00 bits per heavy atom. The van der Waals surface area contributed by atoms with Crippen LogP contribution in [0.25, 0.3) is 0 Å². The molecule has 7 heteroatoms. The topological polar surface area (TPSA) is 91.6 Å². The first kappa shape index (κ1) is 14.3. The standard InChI is InChI=1S/C13H19N5O2/c1-15-12(19)9-17-4-6-18(7-5-17)13(20)11-3-2-10(14)8-16-11/h2-3,8H,4-7,9,14H2,1H3,(H,15,19). The number of nitrogens with two attached hydrogens (primary N) is 1. The summed E-state index contributed by atoms with van der Waals surface area (Å²) in [6, 6.07) is 3.30. The van der Waals surface area contributed by atoms with Crippen LogP contribution in [0, 0.1) is 0 Å². The summed E-state index contributed by atoms with van der Waals surface area (Å²) in [5.74, 6) is -0.102. The van der Waals surface area contributed by atoms with Gasteiger partial charge < -0.3 is 16.0 Å². The maximum absolute atomic E-state index is 12.2. The van der Waals surface area contributed by atoms with Crippen molar-refractivity contribution in [3.05, 3.63) is 24.0 Å². The third kappa shape index (κ3) is 3.45. The third-order valence-corrected chi connectivity index (χ3v) is 3.31. The average molecular weight is 277 g/mol. The van der Waals surface area contributed by atoms with Gasteiger partial charge in [0.05, 0.1) is 18.4 Å². The molecule has 7 nitrogen and oxygen atoms in total. The van der Waals surface area contributed by atoms with Gasteiger partial charge in [-0.2, -0.15) is 0 Å². The summed E-state index contributed by atoms with van der Waals surface area (Å²) in [7, 11) is 1.62. The molecule has 1 aromatic rings. The molecule has 108 valence electrons. The molecule has 1 saturated heterocycles. The highest BCUT2D eigenvalue weighted by atomic mass is 16.2. The van der Waals surface area contributed by atoms with E-state index in [2.05, 4.69) is 10.3 Å². The number of carbonyl (C=O) groups is 2. The predicted octanol–water partition coefficient (Wildman–Crippen LogP) is -0.832. The molecular weight excluding hydrogens is 258 g/mol. The lowest BCUT2D eigenvalue weighted by molar-refractivity contribution is -0.122. The number of carbonyl (C=O) groups excluding carboxylic acids is 2. The van der Waals surface area contributed by atoms with Crippen molar-refractivity contribution >= 4 is 17.5 Å². The van der Waals surface area contributed by atoms with Crippen LogP contribution in [-0.2, 0) is 4.79 Å². The van der Waals surface area contributed by atoms with Crippen LogP contribution in [0.15, 0.2) is 18.3 Å². The molecule has 1 aromatic heterocycles. The fourth-order valence-electron chi connectivity index (χ4n) is 2.09. The van der Waals surface area contributed by atoms with E-state index in [-0.39, 0.29) is 11.8 Å². The number of piperazine rings is 1. The van der Waals surface area contributed by atoms with E-state index >= 15 is 0 Å². The van der Waals surface area contributed by atoms with Crippen LogP contribution in [0.4, 0.5) is 5.69 Å². The van der Waals surface area contributed by atoms with Crippen molar-refractivity contribution in [1.29, 1.82) is 0 Å². The fourth-order valence-corrected chi connectivity index (χ4v) is 2.09. The van der Waals surface area contributed by atoms with Crippen LogP contribution in [-0.4, -0.2) is 66.4 Å². The molecule has 3 N–H and O–H groups in total. The molecule has 0 saturated carbocycles. The van der Waals surface area contributed by atoms with E-state index < -0.39 is 0 Å². The number of aromatic nitrogens is 1. The molecule has 2 amide bonds. The number of hydrogen-bond acceptors (Lipinski definition) is 5. The van der Waals surface area contributed by atoms with Crippen LogP contribution < -0.4 is 11.1 Å². The van der Waals surface area contributed by atoms with Gasteiger partial charge in [0, 0.05) is 33.2 Å². The second kappa shape index (κ2) is 6.33. The van der Waals surface area contributed by atoms with Crippen molar-refractivity contribution in [3.8, 4) is 0 Å². The van der Waals surface area contributed by atoms with Crippen molar-refractivity contribution in [3.63, 3.8) is 0 Å². The minimum Gasteiger partial charge on any atom is -0.397 e. The molecule has 0 spiro atoms. The zero-order valence-electron chi connectivity index (χ0n) is 11.5. The van der Waals surface area contributed by atoms with Gasteiger partial charge in [-0.25, -0.2) is 4.98 Å². The average Bonchev–Trinajstić information content (AvgIpc) is 2.48. The summed E-state index contributed by atoms with van der Waals surface area (Å²) in [6.45, 7) is 2.95. The number of anilines is 1. The SMILES string of the molecule is CNC(=O)CN1CCN(C(=O)c2ccc(N)cn2)CC1. The summed E-state index contributed by atoms with van der Waals surface area (Å²) in [5, 5.41) is 2.59. The molecule has 0 bridgehead atoms. The lowest BCUT2D eigenvalue weighted by Crippen LogP contribution is -2.51. The molecule has 0 unspecified atom stereocenters. The van der Waals surface area contributed by atoms with Crippen molar-refractivity contribution in [2.24, 2.45) is 0 Å². The Balaban J connectivity index is 1.88. The number of hydrogen-bond donors (Lipinski definition) is 2. The van der Waals surface area contributed by atoms with Gasteiger partial charge in [0.2, 0.25) is 5.91 Å². The predicted molar refractivity (Wildman–Crippen MR) is 75.1 cm³/mol. The maximum atomic E-state index is 12.2. The highest BCUT2D eigenvalue weighted by Crippen LogP contribution is 2.08. The molecule has 2 heterocycles. The van der Waals surface area contributed by atoms with E-state index in [9.17, 15) is 9.59 Å². The zero-order chi connectivity index (χ0) is 14.5. The maximum Gasteiger partial charge on any atom is 0.272 e. The number of pyridine rings is 1. The molecule has 1 aliphatic rings. The summed E-state index contributed by atoms with van der Waals surface area (Å²) in [5.41, 5.74) is 6.49. The number of nitrogens with one attached hydrogen (secondary N) is 1. The van der Waals surface area contributed by atoms with Gasteiger partial charge in [-0.05, 0) is 12.1 Å². The Morgan fingerprint density at radius 1 is 1.30 bits per heavy atom. The number of nitrogen functional groups attached to an aromatic ring is 1. The smallest absolute Gasteiger partial charge is 0.272 e. The number of amides is 2. The highest BCUT2D eigenvalue weighted by molar-refractivity contribution is 5.92. The summed E-state index contributed by atoms with van der Waals surface area (Å²) < 4.78 is 0. The van der Waals surface area contributed by atoms with Gasteiger partial charge in [-0.1, -0.05) is 0 Å². The Morgan fingerprint density at radius 3 is 2.55 bits per heavy atom. The van der Waals surface area contributed by atoms with Crippen molar-refractivity contribution in [1.82, 2.24) is 20.1 Å². The molecule has 1 aliphatic heterocycles. The number of nitrogens with zero attached hydrogens (tertiary/aromatic N) is 3. The molecule has 20 heavy (non-hydrogen) atoms. The first-order chi connectivity index (χ1) is 9.60. The van der Waals surface area contributed by atoms with Crippen LogP contribution in [0.5, 0.6) is 0 Å². The molecule has 0 aliphatic carbocycles. The van der Waals surface area contributed by atoms with Gasteiger partial charge in [-0.3, -0.25) is 14.5 Å². The Kier molecular flexibility index (Phi) is 4.52. The van der Waals surface area contributed by atoms with Crippen LogP contribution in [0.2, 0.25) is 0 Å². The summed E-state index contributed by atoms with van der Waals surface area (Å²) in [4.78, 5) is 31.3. The normalized spacial score (nSPS) is 15.9. The second-order valence-electron chi connectivity index (χ2n) is 4.72. The quantitative estimate of drug-likeness (QED) is 0.752. The van der Waals surface area contributed by atoms with E-state index in [1.165, 1.54) is 6.20 Å². The lowest BCUT2D eigenvalue weighted by Gasteiger charge is -2.34. The molecule has 0 atom stereocenters. The molecule has 2 rings (SSSR count). The zero-order valence-corrected chi connectivity index (χ0v) is 11.5. The van der Waals surface area contributed by atoms with Gasteiger partial charge in [0.25, 0.3) is 5.91 Å². The van der Waals surface area contributed by atoms with Crippen LogP contribution >= 0.6 is 0 Å². The monoisotopic (exact) mass is 277 g/mol. The fraction of sp³-hybridized carbons (Fsp3) is 0.462. The molecule has 0 radical (unpaired) electrons.